The van der Waals surface area contributed by atoms with Crippen molar-refractivity contribution < 1.29 is 0 Å². The summed E-state index contributed by atoms with van der Waals surface area (Å²) in [6, 6.07) is 17.2. The van der Waals surface area contributed by atoms with Crippen LogP contribution in [0, 0.1) is 0 Å². The highest BCUT2D eigenvalue weighted by Gasteiger charge is 2.09. The third kappa shape index (κ3) is 1.98. The number of nitrogens with zero attached hydrogens (tertiary/aromatic N) is 4. The Labute approximate surface area is 109 Å². The Morgan fingerprint density at radius 3 is 2.33 bits per heavy atom. The van der Waals surface area contributed by atoms with Crippen LogP contribution >= 0.6 is 11.6 Å². The van der Waals surface area contributed by atoms with Crippen molar-refractivity contribution in [3.05, 3.63) is 59.6 Å². The van der Waals surface area contributed by atoms with Gasteiger partial charge in [0.2, 0.25) is 0 Å². The minimum absolute atomic E-state index is 0.692. The number of hydrogen-bond donors (Lipinski definition) is 0. The fourth-order valence-corrected chi connectivity index (χ4v) is 1.84. The molecule has 0 radical (unpaired) electrons. The van der Waals surface area contributed by atoms with Crippen LogP contribution in [0.25, 0.3) is 17.1 Å². The molecule has 0 aliphatic carbocycles. The van der Waals surface area contributed by atoms with Crippen LogP contribution in [-0.4, -0.2) is 20.2 Å². The van der Waals surface area contributed by atoms with Crippen LogP contribution < -0.4 is 0 Å². The Kier molecular flexibility index (Phi) is 2.78. The van der Waals surface area contributed by atoms with E-state index >= 15 is 0 Å². The summed E-state index contributed by atoms with van der Waals surface area (Å²) >= 11 is 5.87. The van der Waals surface area contributed by atoms with Gasteiger partial charge in [0.1, 0.15) is 0 Å². The first-order valence-electron chi connectivity index (χ1n) is 5.44. The maximum Gasteiger partial charge on any atom is 0.187 e. The van der Waals surface area contributed by atoms with E-state index in [9.17, 15) is 0 Å². The Balaban J connectivity index is 2.10. The van der Waals surface area contributed by atoms with Crippen molar-refractivity contribution in [3.8, 4) is 17.1 Å². The maximum absolute atomic E-state index is 5.87. The number of rotatable bonds is 2. The van der Waals surface area contributed by atoms with Crippen molar-refractivity contribution in [2.24, 2.45) is 0 Å². The molecular weight excluding hydrogens is 248 g/mol. The summed E-state index contributed by atoms with van der Waals surface area (Å²) < 4.78 is 1.70. The molecule has 0 aliphatic rings. The van der Waals surface area contributed by atoms with E-state index in [1.165, 1.54) is 0 Å². The van der Waals surface area contributed by atoms with Crippen LogP contribution in [0.5, 0.6) is 0 Å². The van der Waals surface area contributed by atoms with Crippen LogP contribution in [0.4, 0.5) is 0 Å². The van der Waals surface area contributed by atoms with Gasteiger partial charge in [-0.3, -0.25) is 0 Å². The zero-order chi connectivity index (χ0) is 12.4. The summed E-state index contributed by atoms with van der Waals surface area (Å²) in [5.74, 6) is 0.692. The molecule has 0 fully saturated rings. The van der Waals surface area contributed by atoms with Crippen LogP contribution in [0.1, 0.15) is 0 Å². The first-order chi connectivity index (χ1) is 8.84. The molecule has 1 heterocycles. The van der Waals surface area contributed by atoms with Crippen molar-refractivity contribution in [1.82, 2.24) is 20.2 Å². The number of benzene rings is 2. The molecule has 3 aromatic rings. The first-order valence-corrected chi connectivity index (χ1v) is 5.82. The highest BCUT2D eigenvalue weighted by molar-refractivity contribution is 6.30. The summed E-state index contributed by atoms with van der Waals surface area (Å²) in [5.41, 5.74) is 1.85. The number of para-hydroxylation sites is 1. The van der Waals surface area contributed by atoms with Gasteiger partial charge in [-0.25, -0.2) is 0 Å². The van der Waals surface area contributed by atoms with Crippen molar-refractivity contribution in [1.29, 1.82) is 0 Å². The molecular formula is C13H9ClN4. The highest BCUT2D eigenvalue weighted by atomic mass is 35.5. The molecule has 3 rings (SSSR count). The van der Waals surface area contributed by atoms with E-state index in [-0.39, 0.29) is 0 Å². The Bertz CT molecular complexity index is 646. The summed E-state index contributed by atoms with van der Waals surface area (Å²) in [4.78, 5) is 0. The van der Waals surface area contributed by atoms with Crippen LogP contribution in [0.2, 0.25) is 5.02 Å². The monoisotopic (exact) mass is 256 g/mol. The van der Waals surface area contributed by atoms with E-state index in [2.05, 4.69) is 15.5 Å². The molecule has 0 bridgehead atoms. The SMILES string of the molecule is Clc1ccc(-c2nnnn2-c2ccccc2)cc1. The quantitative estimate of drug-likeness (QED) is 0.708. The average molecular weight is 257 g/mol. The molecule has 88 valence electrons. The van der Waals surface area contributed by atoms with Gasteiger partial charge in [0.05, 0.1) is 5.69 Å². The molecule has 0 saturated heterocycles. The van der Waals surface area contributed by atoms with Crippen LogP contribution in [0.15, 0.2) is 54.6 Å². The van der Waals surface area contributed by atoms with E-state index in [4.69, 9.17) is 11.6 Å². The van der Waals surface area contributed by atoms with Crippen molar-refractivity contribution >= 4 is 11.6 Å². The Morgan fingerprint density at radius 2 is 1.61 bits per heavy atom. The normalized spacial score (nSPS) is 10.5. The average Bonchev–Trinajstić information content (AvgIpc) is 2.90. The van der Waals surface area contributed by atoms with E-state index in [0.29, 0.717) is 10.8 Å². The topological polar surface area (TPSA) is 43.6 Å². The third-order valence-electron chi connectivity index (χ3n) is 2.57. The van der Waals surface area contributed by atoms with Crippen molar-refractivity contribution in [3.63, 3.8) is 0 Å². The number of hydrogen-bond acceptors (Lipinski definition) is 3. The van der Waals surface area contributed by atoms with Gasteiger partial charge in [-0.05, 0) is 46.8 Å². The van der Waals surface area contributed by atoms with Crippen LogP contribution in [-0.2, 0) is 0 Å². The fraction of sp³-hybridized carbons (Fsp3) is 0. The lowest BCUT2D eigenvalue weighted by Crippen LogP contribution is -1.99. The molecule has 4 nitrogen and oxygen atoms in total. The molecule has 0 atom stereocenters. The molecule has 0 saturated carbocycles. The van der Waals surface area contributed by atoms with E-state index in [1.54, 1.807) is 4.68 Å². The van der Waals surface area contributed by atoms with Gasteiger partial charge in [-0.2, -0.15) is 4.68 Å². The van der Waals surface area contributed by atoms with Crippen LogP contribution in [0.3, 0.4) is 0 Å². The highest BCUT2D eigenvalue weighted by Crippen LogP contribution is 2.20. The first kappa shape index (κ1) is 10.9. The van der Waals surface area contributed by atoms with Gasteiger partial charge in [0, 0.05) is 10.6 Å². The minimum atomic E-state index is 0.692. The molecule has 0 aliphatic heterocycles. The van der Waals surface area contributed by atoms with Crippen molar-refractivity contribution in [2.45, 2.75) is 0 Å². The van der Waals surface area contributed by atoms with Gasteiger partial charge in [-0.1, -0.05) is 29.8 Å². The molecule has 5 heteroatoms. The summed E-state index contributed by atoms with van der Waals surface area (Å²) in [5, 5.41) is 12.5. The van der Waals surface area contributed by atoms with E-state index in [1.807, 2.05) is 54.6 Å². The predicted molar refractivity (Wildman–Crippen MR) is 69.6 cm³/mol. The third-order valence-corrected chi connectivity index (χ3v) is 2.82. The second-order valence-corrected chi connectivity index (χ2v) is 4.19. The Hall–Kier alpha value is -2.20. The number of halogens is 1. The standard InChI is InChI=1S/C13H9ClN4/c14-11-8-6-10(7-9-11)13-15-16-17-18(13)12-4-2-1-3-5-12/h1-9H. The maximum atomic E-state index is 5.87. The lowest BCUT2D eigenvalue weighted by Gasteiger charge is -2.04. The van der Waals surface area contributed by atoms with Gasteiger partial charge in [0.25, 0.3) is 0 Å². The molecule has 0 unspecified atom stereocenters. The summed E-state index contributed by atoms with van der Waals surface area (Å²) in [7, 11) is 0. The second-order valence-electron chi connectivity index (χ2n) is 3.76. The number of aromatic nitrogens is 4. The van der Waals surface area contributed by atoms with E-state index < -0.39 is 0 Å². The molecule has 0 spiro atoms. The molecule has 0 N–H and O–H groups in total. The lowest BCUT2D eigenvalue weighted by atomic mass is 10.2. The predicted octanol–water partition coefficient (Wildman–Crippen LogP) is 2.98. The Morgan fingerprint density at radius 1 is 0.889 bits per heavy atom. The van der Waals surface area contributed by atoms with Gasteiger partial charge in [-0.15, -0.1) is 5.10 Å². The summed E-state index contributed by atoms with van der Waals surface area (Å²) in [6.45, 7) is 0. The zero-order valence-corrected chi connectivity index (χ0v) is 10.1. The van der Waals surface area contributed by atoms with Gasteiger partial charge >= 0.3 is 0 Å². The number of tetrazole rings is 1. The largest absolute Gasteiger partial charge is 0.193 e. The summed E-state index contributed by atoms with van der Waals surface area (Å²) in [6.07, 6.45) is 0. The van der Waals surface area contributed by atoms with Crippen molar-refractivity contribution in [2.75, 3.05) is 0 Å². The zero-order valence-electron chi connectivity index (χ0n) is 9.36. The smallest absolute Gasteiger partial charge is 0.187 e. The molecule has 0 amide bonds. The van der Waals surface area contributed by atoms with Gasteiger partial charge < -0.3 is 0 Å². The molecule has 1 aromatic heterocycles. The van der Waals surface area contributed by atoms with Gasteiger partial charge in [0.15, 0.2) is 5.82 Å². The lowest BCUT2D eigenvalue weighted by molar-refractivity contribution is 0.791. The molecule has 2 aromatic carbocycles. The fourth-order valence-electron chi connectivity index (χ4n) is 1.71. The minimum Gasteiger partial charge on any atom is -0.193 e. The van der Waals surface area contributed by atoms with E-state index in [0.717, 1.165) is 11.3 Å². The second kappa shape index (κ2) is 4.58. The molecule has 18 heavy (non-hydrogen) atoms.